The first-order valence-electron chi connectivity index (χ1n) is 11.8. The van der Waals surface area contributed by atoms with Crippen molar-refractivity contribution in [3.05, 3.63) is 93.2 Å². The van der Waals surface area contributed by atoms with Gasteiger partial charge in [-0.05, 0) is 61.4 Å². The highest BCUT2D eigenvalue weighted by Crippen LogP contribution is 2.35. The summed E-state index contributed by atoms with van der Waals surface area (Å²) in [5, 5.41) is 9.43. The number of aromatic nitrogens is 1. The molecule has 0 aliphatic rings. The number of ether oxygens (including phenoxy) is 2. The number of carbonyl (C=O) groups is 1. The molecule has 0 fully saturated rings. The summed E-state index contributed by atoms with van der Waals surface area (Å²) in [6.07, 6.45) is -3.89. The molecule has 0 saturated heterocycles. The van der Waals surface area contributed by atoms with Crippen molar-refractivity contribution in [3.8, 4) is 22.1 Å². The number of halogens is 5. The smallest absolute Gasteiger partial charge is 0.416 e. The molecule has 0 aliphatic heterocycles. The molecule has 0 spiro atoms. The normalized spacial score (nSPS) is 11.4. The fourth-order valence-electron chi connectivity index (χ4n) is 3.65. The van der Waals surface area contributed by atoms with E-state index in [1.807, 2.05) is 19.1 Å². The van der Waals surface area contributed by atoms with Crippen molar-refractivity contribution in [2.24, 2.45) is 0 Å². The molecule has 0 radical (unpaired) electrons. The van der Waals surface area contributed by atoms with Crippen molar-refractivity contribution in [1.82, 2.24) is 4.98 Å². The number of para-hydroxylation sites is 1. The Labute approximate surface area is 240 Å². The van der Waals surface area contributed by atoms with Gasteiger partial charge in [-0.1, -0.05) is 29.8 Å². The fourth-order valence-corrected chi connectivity index (χ4v) is 6.04. The highest BCUT2D eigenvalue weighted by molar-refractivity contribution is 7.99. The zero-order chi connectivity index (χ0) is 28.9. The highest BCUT2D eigenvalue weighted by atomic mass is 35.5. The zero-order valence-corrected chi connectivity index (χ0v) is 23.3. The minimum absolute atomic E-state index is 0.0769. The Bertz CT molecular complexity index is 1470. The van der Waals surface area contributed by atoms with Crippen LogP contribution < -0.4 is 9.47 Å². The summed E-state index contributed by atoms with van der Waals surface area (Å²) in [6.45, 7) is 1.32. The van der Waals surface area contributed by atoms with Crippen LogP contribution in [0.2, 0.25) is 5.02 Å². The molecule has 12 heteroatoms. The first-order chi connectivity index (χ1) is 19.0. The maximum Gasteiger partial charge on any atom is 0.416 e. The van der Waals surface area contributed by atoms with E-state index >= 15 is 0 Å². The number of nitrogens with zero attached hydrogens (tertiary/aromatic N) is 1. The second kappa shape index (κ2) is 12.9. The molecule has 4 rings (SSSR count). The van der Waals surface area contributed by atoms with E-state index in [0.717, 1.165) is 27.5 Å². The molecule has 0 amide bonds. The van der Waals surface area contributed by atoms with Gasteiger partial charge in [0, 0.05) is 21.1 Å². The van der Waals surface area contributed by atoms with Crippen molar-refractivity contribution in [3.63, 3.8) is 0 Å². The second-order valence-electron chi connectivity index (χ2n) is 8.51. The van der Waals surface area contributed by atoms with E-state index in [1.165, 1.54) is 41.7 Å². The molecule has 0 unspecified atom stereocenters. The Morgan fingerprint density at radius 2 is 1.85 bits per heavy atom. The summed E-state index contributed by atoms with van der Waals surface area (Å²) < 4.78 is 64.2. The first kappa shape index (κ1) is 29.7. The van der Waals surface area contributed by atoms with E-state index < -0.39 is 30.1 Å². The molecule has 40 heavy (non-hydrogen) atoms. The number of benzene rings is 3. The fraction of sp³-hybridized carbons (Fsp3) is 0.214. The largest absolute Gasteiger partial charge is 0.483 e. The Balaban J connectivity index is 1.51. The summed E-state index contributed by atoms with van der Waals surface area (Å²) in [6, 6.07) is 14.4. The maximum absolute atomic E-state index is 14.2. The van der Waals surface area contributed by atoms with E-state index in [2.05, 4.69) is 4.98 Å². The molecule has 0 bridgehead atoms. The van der Waals surface area contributed by atoms with Crippen molar-refractivity contribution < 1.29 is 36.9 Å². The molecule has 3 aromatic carbocycles. The molecule has 5 nitrogen and oxygen atoms in total. The lowest BCUT2D eigenvalue weighted by atomic mass is 10.1. The van der Waals surface area contributed by atoms with Crippen LogP contribution in [-0.4, -0.2) is 28.4 Å². The van der Waals surface area contributed by atoms with Gasteiger partial charge in [0.15, 0.2) is 18.2 Å². The Morgan fingerprint density at radius 3 is 2.50 bits per heavy atom. The Hall–Kier alpha value is -3.28. The van der Waals surface area contributed by atoms with Gasteiger partial charge in [0.2, 0.25) is 0 Å². The Morgan fingerprint density at radius 1 is 1.10 bits per heavy atom. The molecular formula is C28H22ClF4NO4S2. The van der Waals surface area contributed by atoms with Crippen LogP contribution in [0.5, 0.6) is 11.5 Å². The molecule has 0 saturated carbocycles. The SMILES string of the molecule is Cc1cc(SCCc2sc(-c3ccc(C(F)(F)F)cc3)nc2COc2c(F)cccc2Cl)ccc1OCC(=O)O. The minimum atomic E-state index is -4.44. The number of aliphatic carboxylic acids is 1. The number of thiazole rings is 1. The van der Waals surface area contributed by atoms with Gasteiger partial charge in [0.25, 0.3) is 0 Å². The predicted octanol–water partition coefficient (Wildman–Crippen LogP) is 8.31. The third-order valence-electron chi connectivity index (χ3n) is 5.60. The van der Waals surface area contributed by atoms with Crippen molar-refractivity contribution in [2.45, 2.75) is 31.0 Å². The molecule has 4 aromatic rings. The summed E-state index contributed by atoms with van der Waals surface area (Å²) in [5.41, 5.74) is 1.10. The van der Waals surface area contributed by atoms with E-state index in [1.54, 1.807) is 17.8 Å². The van der Waals surface area contributed by atoms with Crippen LogP contribution in [0.3, 0.4) is 0 Å². The minimum Gasteiger partial charge on any atom is -0.483 e. The van der Waals surface area contributed by atoms with Crippen LogP contribution in [0.1, 0.15) is 21.7 Å². The number of hydrogen-bond acceptors (Lipinski definition) is 6. The summed E-state index contributed by atoms with van der Waals surface area (Å²) in [4.78, 5) is 17.1. The van der Waals surface area contributed by atoms with Crippen LogP contribution in [0, 0.1) is 12.7 Å². The number of carboxylic acid groups (broad SMARTS) is 1. The van der Waals surface area contributed by atoms with Crippen molar-refractivity contribution in [2.75, 3.05) is 12.4 Å². The van der Waals surface area contributed by atoms with Gasteiger partial charge in [0.05, 0.1) is 16.3 Å². The third-order valence-corrected chi connectivity index (χ3v) is 8.10. The molecule has 210 valence electrons. The van der Waals surface area contributed by atoms with Gasteiger partial charge >= 0.3 is 12.1 Å². The van der Waals surface area contributed by atoms with E-state index in [-0.39, 0.29) is 17.4 Å². The molecule has 1 aromatic heterocycles. The van der Waals surface area contributed by atoms with Gasteiger partial charge in [-0.3, -0.25) is 0 Å². The summed E-state index contributed by atoms with van der Waals surface area (Å²) >= 11 is 8.97. The first-order valence-corrected chi connectivity index (χ1v) is 14.0. The average Bonchev–Trinajstić information content (AvgIpc) is 3.30. The lowest BCUT2D eigenvalue weighted by Crippen LogP contribution is -2.10. The van der Waals surface area contributed by atoms with E-state index in [4.69, 9.17) is 26.2 Å². The van der Waals surface area contributed by atoms with Crippen LogP contribution in [0.4, 0.5) is 17.6 Å². The number of aryl methyl sites for hydroxylation is 2. The second-order valence-corrected chi connectivity index (χ2v) is 11.2. The number of thioether (sulfide) groups is 1. The van der Waals surface area contributed by atoms with E-state index in [0.29, 0.717) is 34.2 Å². The standard InChI is InChI=1S/C28H22ClF4NO4S2/c1-16-13-19(9-10-23(16)37-15-25(35)36)39-12-11-24-22(14-38-26-20(29)3-2-4-21(26)30)34-27(40-24)17-5-7-18(8-6-17)28(31,32)33/h2-10,13H,11-12,14-15H2,1H3,(H,35,36). The Kier molecular flexibility index (Phi) is 9.60. The van der Waals surface area contributed by atoms with Gasteiger partial charge in [0.1, 0.15) is 17.4 Å². The molecular weight excluding hydrogens is 590 g/mol. The van der Waals surface area contributed by atoms with Crippen LogP contribution in [-0.2, 0) is 24.0 Å². The van der Waals surface area contributed by atoms with Gasteiger partial charge in [-0.15, -0.1) is 23.1 Å². The van der Waals surface area contributed by atoms with Crippen LogP contribution in [0.25, 0.3) is 10.6 Å². The maximum atomic E-state index is 14.2. The van der Waals surface area contributed by atoms with Crippen LogP contribution in [0.15, 0.2) is 65.6 Å². The molecule has 0 aliphatic carbocycles. The number of carboxylic acids is 1. The zero-order valence-electron chi connectivity index (χ0n) is 20.9. The monoisotopic (exact) mass is 611 g/mol. The average molecular weight is 612 g/mol. The van der Waals surface area contributed by atoms with Gasteiger partial charge in [-0.2, -0.15) is 13.2 Å². The number of rotatable bonds is 11. The lowest BCUT2D eigenvalue weighted by Gasteiger charge is -2.10. The van der Waals surface area contributed by atoms with Crippen LogP contribution >= 0.6 is 34.7 Å². The third kappa shape index (κ3) is 7.67. The molecule has 1 heterocycles. The summed E-state index contributed by atoms with van der Waals surface area (Å²) in [5.74, 6) is -0.656. The highest BCUT2D eigenvalue weighted by Gasteiger charge is 2.30. The number of alkyl halides is 3. The quantitative estimate of drug-likeness (QED) is 0.136. The van der Waals surface area contributed by atoms with Crippen molar-refractivity contribution in [1.29, 1.82) is 0 Å². The van der Waals surface area contributed by atoms with Gasteiger partial charge in [-0.25, -0.2) is 14.2 Å². The number of hydrogen-bond donors (Lipinski definition) is 1. The van der Waals surface area contributed by atoms with Crippen molar-refractivity contribution >= 4 is 40.7 Å². The predicted molar refractivity (Wildman–Crippen MR) is 147 cm³/mol. The molecule has 1 N–H and O–H groups in total. The topological polar surface area (TPSA) is 68.7 Å². The lowest BCUT2D eigenvalue weighted by molar-refractivity contribution is -0.139. The summed E-state index contributed by atoms with van der Waals surface area (Å²) in [7, 11) is 0. The van der Waals surface area contributed by atoms with Gasteiger partial charge < -0.3 is 14.6 Å². The molecule has 0 atom stereocenters. The van der Waals surface area contributed by atoms with E-state index in [9.17, 15) is 22.4 Å².